The second-order valence-electron chi connectivity index (χ2n) is 7.85. The number of ether oxygens (including phenoxy) is 1. The lowest BCUT2D eigenvalue weighted by molar-refractivity contribution is -0.133. The Morgan fingerprint density at radius 1 is 1.39 bits per heavy atom. The van der Waals surface area contributed by atoms with Crippen LogP contribution >= 0.6 is 0 Å². The van der Waals surface area contributed by atoms with Gasteiger partial charge in [-0.3, -0.25) is 4.79 Å². The van der Waals surface area contributed by atoms with E-state index in [2.05, 4.69) is 38.3 Å². The summed E-state index contributed by atoms with van der Waals surface area (Å²) >= 11 is 0. The van der Waals surface area contributed by atoms with Gasteiger partial charge in [0, 0.05) is 45.6 Å². The topological polar surface area (TPSA) is 34.5 Å². The molecule has 1 heterocycles. The fraction of sp³-hybridized carbons (Fsp3) is 0.737. The van der Waals surface area contributed by atoms with Gasteiger partial charge in [0.1, 0.15) is 0 Å². The van der Waals surface area contributed by atoms with Crippen LogP contribution in [0.15, 0.2) is 18.3 Å². The van der Waals surface area contributed by atoms with Crippen LogP contribution in [0.1, 0.15) is 52.7 Å². The van der Waals surface area contributed by atoms with Crippen LogP contribution in [0.5, 0.6) is 0 Å². The molecule has 0 aliphatic heterocycles. The molecule has 0 fully saturated rings. The summed E-state index contributed by atoms with van der Waals surface area (Å²) in [4.78, 5) is 14.7. The molecule has 0 spiro atoms. The number of amides is 1. The maximum atomic E-state index is 12.7. The molecule has 0 radical (unpaired) electrons. The molecule has 0 aromatic carbocycles. The van der Waals surface area contributed by atoms with E-state index in [-0.39, 0.29) is 11.3 Å². The third-order valence-electron chi connectivity index (χ3n) is 4.02. The Hall–Kier alpha value is -1.29. The smallest absolute Gasteiger partial charge is 0.223 e. The molecule has 1 atom stereocenters. The number of aromatic nitrogens is 1. The Kier molecular flexibility index (Phi) is 7.83. The van der Waals surface area contributed by atoms with E-state index in [1.807, 2.05) is 24.2 Å². The highest BCUT2D eigenvalue weighted by Crippen LogP contribution is 2.26. The van der Waals surface area contributed by atoms with Crippen LogP contribution in [-0.2, 0) is 23.1 Å². The average Bonchev–Trinajstić information content (AvgIpc) is 2.81. The molecule has 1 aromatic heterocycles. The SMILES string of the molecule is COCCCN(Cc1cccn1C)C(=O)CC(C)CC(C)(C)C. The van der Waals surface area contributed by atoms with Crippen molar-refractivity contribution in [1.29, 1.82) is 0 Å². The predicted octanol–water partition coefficient (Wildman–Crippen LogP) is 3.85. The van der Waals surface area contributed by atoms with Crippen LogP contribution in [0.2, 0.25) is 0 Å². The number of carbonyl (C=O) groups is 1. The summed E-state index contributed by atoms with van der Waals surface area (Å²) in [5.74, 6) is 0.653. The summed E-state index contributed by atoms with van der Waals surface area (Å²) in [5, 5.41) is 0. The van der Waals surface area contributed by atoms with E-state index in [4.69, 9.17) is 4.74 Å². The minimum Gasteiger partial charge on any atom is -0.385 e. The quantitative estimate of drug-likeness (QED) is 0.647. The van der Waals surface area contributed by atoms with E-state index in [1.54, 1.807) is 7.11 Å². The van der Waals surface area contributed by atoms with Crippen molar-refractivity contribution in [3.63, 3.8) is 0 Å². The van der Waals surface area contributed by atoms with Gasteiger partial charge in [0.25, 0.3) is 0 Å². The van der Waals surface area contributed by atoms with Crippen LogP contribution in [-0.4, -0.2) is 35.6 Å². The molecule has 0 saturated heterocycles. The molecular formula is C19H34N2O2. The lowest BCUT2D eigenvalue weighted by Gasteiger charge is -2.27. The van der Waals surface area contributed by atoms with Crippen molar-refractivity contribution >= 4 is 5.91 Å². The van der Waals surface area contributed by atoms with Gasteiger partial charge in [0.15, 0.2) is 0 Å². The summed E-state index contributed by atoms with van der Waals surface area (Å²) in [6.07, 6.45) is 4.58. The zero-order chi connectivity index (χ0) is 17.5. The van der Waals surface area contributed by atoms with Crippen molar-refractivity contribution < 1.29 is 9.53 Å². The van der Waals surface area contributed by atoms with E-state index in [0.29, 0.717) is 25.5 Å². The molecule has 4 heteroatoms. The summed E-state index contributed by atoms with van der Waals surface area (Å²) in [5.41, 5.74) is 1.43. The highest BCUT2D eigenvalue weighted by molar-refractivity contribution is 5.76. The number of carbonyl (C=O) groups excluding carboxylic acids is 1. The van der Waals surface area contributed by atoms with E-state index in [0.717, 1.165) is 19.4 Å². The standard InChI is InChI=1S/C19H34N2O2/c1-16(14-19(2,3)4)13-18(22)21(11-8-12-23-6)15-17-9-7-10-20(17)5/h7,9-10,16H,8,11-15H2,1-6H3. The first-order valence-corrected chi connectivity index (χ1v) is 8.60. The summed E-state index contributed by atoms with van der Waals surface area (Å²) < 4.78 is 7.21. The van der Waals surface area contributed by atoms with Gasteiger partial charge < -0.3 is 14.2 Å². The number of aryl methyl sites for hydroxylation is 1. The minimum absolute atomic E-state index is 0.249. The van der Waals surface area contributed by atoms with Crippen LogP contribution in [0.4, 0.5) is 0 Å². The highest BCUT2D eigenvalue weighted by Gasteiger charge is 2.21. The Balaban J connectivity index is 2.66. The molecule has 0 aliphatic carbocycles. The van der Waals surface area contributed by atoms with Crippen LogP contribution < -0.4 is 0 Å². The van der Waals surface area contributed by atoms with Crippen molar-refractivity contribution in [3.8, 4) is 0 Å². The number of hydrogen-bond donors (Lipinski definition) is 0. The Morgan fingerprint density at radius 2 is 2.09 bits per heavy atom. The molecule has 132 valence electrons. The van der Waals surface area contributed by atoms with Crippen LogP contribution in [0.25, 0.3) is 0 Å². The predicted molar refractivity (Wildman–Crippen MR) is 95.2 cm³/mol. The first-order valence-electron chi connectivity index (χ1n) is 8.60. The maximum Gasteiger partial charge on any atom is 0.223 e. The van der Waals surface area contributed by atoms with Crippen molar-refractivity contribution in [2.75, 3.05) is 20.3 Å². The minimum atomic E-state index is 0.249. The zero-order valence-electron chi connectivity index (χ0n) is 15.8. The van der Waals surface area contributed by atoms with E-state index < -0.39 is 0 Å². The number of hydrogen-bond acceptors (Lipinski definition) is 2. The van der Waals surface area contributed by atoms with E-state index in [9.17, 15) is 4.79 Å². The Labute approximate surface area is 141 Å². The van der Waals surface area contributed by atoms with Crippen LogP contribution in [0, 0.1) is 11.3 Å². The Bertz CT molecular complexity index is 474. The van der Waals surface area contributed by atoms with Crippen molar-refractivity contribution in [2.45, 2.75) is 53.5 Å². The average molecular weight is 322 g/mol. The van der Waals surface area contributed by atoms with Crippen molar-refractivity contribution in [2.24, 2.45) is 18.4 Å². The van der Waals surface area contributed by atoms with Gasteiger partial charge in [-0.2, -0.15) is 0 Å². The fourth-order valence-electron chi connectivity index (χ4n) is 3.09. The van der Waals surface area contributed by atoms with Gasteiger partial charge in [-0.25, -0.2) is 0 Å². The summed E-state index contributed by atoms with van der Waals surface area (Å²) in [6, 6.07) is 4.10. The van der Waals surface area contributed by atoms with Gasteiger partial charge >= 0.3 is 0 Å². The number of nitrogens with zero attached hydrogens (tertiary/aromatic N) is 2. The number of methoxy groups -OCH3 is 1. The molecule has 0 N–H and O–H groups in total. The van der Waals surface area contributed by atoms with Gasteiger partial charge in [-0.1, -0.05) is 27.7 Å². The monoisotopic (exact) mass is 322 g/mol. The fourth-order valence-corrected chi connectivity index (χ4v) is 3.09. The van der Waals surface area contributed by atoms with Gasteiger partial charge in [0.2, 0.25) is 5.91 Å². The normalized spacial score (nSPS) is 13.1. The molecule has 0 bridgehead atoms. The number of rotatable bonds is 9. The molecular weight excluding hydrogens is 288 g/mol. The third-order valence-corrected chi connectivity index (χ3v) is 4.02. The lowest BCUT2D eigenvalue weighted by Crippen LogP contribution is -2.34. The molecule has 4 nitrogen and oxygen atoms in total. The van der Waals surface area contributed by atoms with Crippen molar-refractivity contribution in [3.05, 3.63) is 24.0 Å². The zero-order valence-corrected chi connectivity index (χ0v) is 15.8. The van der Waals surface area contributed by atoms with Gasteiger partial charge in [-0.05, 0) is 36.3 Å². The Morgan fingerprint density at radius 3 is 2.61 bits per heavy atom. The van der Waals surface area contributed by atoms with Crippen LogP contribution in [0.3, 0.4) is 0 Å². The second kappa shape index (κ2) is 9.11. The highest BCUT2D eigenvalue weighted by atomic mass is 16.5. The van der Waals surface area contributed by atoms with Gasteiger partial charge in [0.05, 0.1) is 6.54 Å². The largest absolute Gasteiger partial charge is 0.385 e. The van der Waals surface area contributed by atoms with Gasteiger partial charge in [-0.15, -0.1) is 0 Å². The molecule has 1 unspecified atom stereocenters. The first-order chi connectivity index (χ1) is 10.7. The molecule has 0 saturated carbocycles. The second-order valence-corrected chi connectivity index (χ2v) is 7.85. The molecule has 1 amide bonds. The first kappa shape index (κ1) is 19.8. The van der Waals surface area contributed by atoms with E-state index in [1.165, 1.54) is 5.69 Å². The summed E-state index contributed by atoms with van der Waals surface area (Å²) in [7, 11) is 3.73. The van der Waals surface area contributed by atoms with E-state index >= 15 is 0 Å². The molecule has 0 aliphatic rings. The van der Waals surface area contributed by atoms with Crippen molar-refractivity contribution in [1.82, 2.24) is 9.47 Å². The molecule has 1 aromatic rings. The molecule has 23 heavy (non-hydrogen) atoms. The molecule has 1 rings (SSSR count). The summed E-state index contributed by atoms with van der Waals surface area (Å²) in [6.45, 7) is 11.0. The maximum absolute atomic E-state index is 12.7. The lowest BCUT2D eigenvalue weighted by atomic mass is 9.84. The third kappa shape index (κ3) is 7.69.